The summed E-state index contributed by atoms with van der Waals surface area (Å²) < 4.78 is 2.11. The van der Waals surface area contributed by atoms with Crippen molar-refractivity contribution in [1.82, 2.24) is 19.9 Å². The number of aromatic amines is 1. The first-order valence-corrected chi connectivity index (χ1v) is 8.50. The number of nitrogens with one attached hydrogen (secondary N) is 2. The van der Waals surface area contributed by atoms with E-state index in [1.807, 2.05) is 30.7 Å². The molecule has 24 heavy (non-hydrogen) atoms. The predicted octanol–water partition coefficient (Wildman–Crippen LogP) is 3.50. The molecule has 0 aliphatic heterocycles. The van der Waals surface area contributed by atoms with Crippen molar-refractivity contribution in [2.45, 2.75) is 45.2 Å². The monoisotopic (exact) mass is 322 g/mol. The third-order valence-corrected chi connectivity index (χ3v) is 5.27. The van der Waals surface area contributed by atoms with Gasteiger partial charge in [-0.2, -0.15) is 0 Å². The van der Waals surface area contributed by atoms with Gasteiger partial charge in [-0.25, -0.2) is 4.98 Å². The fourth-order valence-corrected chi connectivity index (χ4v) is 3.79. The molecule has 124 valence electrons. The summed E-state index contributed by atoms with van der Waals surface area (Å²) in [7, 11) is 0. The summed E-state index contributed by atoms with van der Waals surface area (Å²) in [6.07, 6.45) is 8.83. The highest BCUT2D eigenvalue weighted by atomic mass is 16.1. The van der Waals surface area contributed by atoms with Crippen molar-refractivity contribution < 1.29 is 4.79 Å². The minimum absolute atomic E-state index is 0.00664. The first-order chi connectivity index (χ1) is 11.6. The van der Waals surface area contributed by atoms with Crippen molar-refractivity contribution >= 4 is 16.8 Å². The molecule has 0 saturated heterocycles. The number of imidazole rings is 1. The number of amides is 1. The van der Waals surface area contributed by atoms with Crippen LogP contribution in [0.1, 0.15) is 46.9 Å². The van der Waals surface area contributed by atoms with Crippen molar-refractivity contribution in [1.29, 1.82) is 0 Å². The van der Waals surface area contributed by atoms with E-state index in [2.05, 4.69) is 33.7 Å². The van der Waals surface area contributed by atoms with Gasteiger partial charge in [0.25, 0.3) is 5.91 Å². The van der Waals surface area contributed by atoms with Crippen LogP contribution in [-0.4, -0.2) is 26.5 Å². The molecule has 1 fully saturated rings. The number of nitrogens with zero attached hydrogens (tertiary/aromatic N) is 2. The molecule has 0 bridgehead atoms. The number of carbonyl (C=O) groups is 1. The van der Waals surface area contributed by atoms with Crippen molar-refractivity contribution in [3.05, 3.63) is 53.7 Å². The molecule has 0 spiro atoms. The highest BCUT2D eigenvalue weighted by Crippen LogP contribution is 2.30. The fraction of sp³-hybridized carbons (Fsp3) is 0.368. The summed E-state index contributed by atoms with van der Waals surface area (Å²) in [5.74, 6) is 0.00664. The van der Waals surface area contributed by atoms with Crippen LogP contribution in [0.25, 0.3) is 10.9 Å². The van der Waals surface area contributed by atoms with E-state index in [9.17, 15) is 4.79 Å². The maximum Gasteiger partial charge on any atom is 0.251 e. The van der Waals surface area contributed by atoms with Crippen LogP contribution >= 0.6 is 0 Å². The number of hydrogen-bond acceptors (Lipinski definition) is 2. The molecule has 2 aromatic heterocycles. The summed E-state index contributed by atoms with van der Waals surface area (Å²) >= 11 is 0. The SMILES string of the molecule is Cc1[nH]c2ccc(C(=O)NC3CCCC3n3ccnc3)cc2c1C. The van der Waals surface area contributed by atoms with Crippen molar-refractivity contribution in [2.24, 2.45) is 0 Å². The number of carbonyl (C=O) groups excluding carboxylic acids is 1. The van der Waals surface area contributed by atoms with Crippen molar-refractivity contribution in [2.75, 3.05) is 0 Å². The average molecular weight is 322 g/mol. The summed E-state index contributed by atoms with van der Waals surface area (Å²) in [5, 5.41) is 4.35. The Morgan fingerprint density at radius 1 is 1.33 bits per heavy atom. The van der Waals surface area contributed by atoms with Gasteiger partial charge in [-0.3, -0.25) is 4.79 Å². The average Bonchev–Trinajstić information content (AvgIpc) is 3.29. The molecule has 1 aliphatic rings. The second-order valence-electron chi connectivity index (χ2n) is 6.72. The van der Waals surface area contributed by atoms with Gasteiger partial charge in [0.2, 0.25) is 0 Å². The van der Waals surface area contributed by atoms with E-state index < -0.39 is 0 Å². The molecule has 1 aromatic carbocycles. The third-order valence-electron chi connectivity index (χ3n) is 5.27. The first kappa shape index (κ1) is 15.0. The lowest BCUT2D eigenvalue weighted by molar-refractivity contribution is 0.0929. The van der Waals surface area contributed by atoms with Gasteiger partial charge in [-0.15, -0.1) is 0 Å². The Morgan fingerprint density at radius 3 is 3.00 bits per heavy atom. The third kappa shape index (κ3) is 2.50. The fourth-order valence-electron chi connectivity index (χ4n) is 3.79. The maximum absolute atomic E-state index is 12.7. The standard InChI is InChI=1S/C19H22N4O/c1-12-13(2)21-16-7-6-14(10-15(12)16)19(24)22-17-4-3-5-18(17)23-9-8-20-11-23/h6-11,17-18,21H,3-5H2,1-2H3,(H,22,24). The number of benzene rings is 1. The van der Waals surface area contributed by atoms with E-state index in [-0.39, 0.29) is 11.9 Å². The largest absolute Gasteiger partial charge is 0.358 e. The Morgan fingerprint density at radius 2 is 2.21 bits per heavy atom. The highest BCUT2D eigenvalue weighted by molar-refractivity contribution is 5.99. The van der Waals surface area contributed by atoms with Crippen LogP contribution in [0.15, 0.2) is 36.9 Å². The van der Waals surface area contributed by atoms with Crippen molar-refractivity contribution in [3.63, 3.8) is 0 Å². The first-order valence-electron chi connectivity index (χ1n) is 8.50. The molecule has 5 nitrogen and oxygen atoms in total. The number of fused-ring (bicyclic) bond motifs is 1. The number of rotatable bonds is 3. The van der Waals surface area contributed by atoms with E-state index in [0.717, 1.165) is 41.4 Å². The quantitative estimate of drug-likeness (QED) is 0.775. The minimum atomic E-state index is 0.00664. The van der Waals surface area contributed by atoms with Crippen LogP contribution in [0.5, 0.6) is 0 Å². The molecule has 1 saturated carbocycles. The van der Waals surface area contributed by atoms with Gasteiger partial charge in [0.15, 0.2) is 0 Å². The lowest BCUT2D eigenvalue weighted by atomic mass is 10.1. The van der Waals surface area contributed by atoms with Gasteiger partial charge >= 0.3 is 0 Å². The molecule has 3 aromatic rings. The molecule has 1 amide bonds. The lowest BCUT2D eigenvalue weighted by Gasteiger charge is -2.22. The Labute approximate surface area is 141 Å². The van der Waals surface area contributed by atoms with E-state index in [0.29, 0.717) is 6.04 Å². The van der Waals surface area contributed by atoms with Gasteiger partial charge in [0.1, 0.15) is 0 Å². The Balaban J connectivity index is 1.56. The molecular formula is C19H22N4O. The number of H-pyrrole nitrogens is 1. The zero-order valence-electron chi connectivity index (χ0n) is 14.0. The zero-order chi connectivity index (χ0) is 16.7. The molecule has 1 aliphatic carbocycles. The van der Waals surface area contributed by atoms with E-state index in [4.69, 9.17) is 0 Å². The Hall–Kier alpha value is -2.56. The second kappa shape index (κ2) is 5.82. The van der Waals surface area contributed by atoms with Crippen LogP contribution in [0.2, 0.25) is 0 Å². The molecule has 5 heteroatoms. The van der Waals surface area contributed by atoms with E-state index in [1.165, 1.54) is 5.56 Å². The molecule has 4 rings (SSSR count). The van der Waals surface area contributed by atoms with Crippen LogP contribution in [0.3, 0.4) is 0 Å². The molecule has 2 heterocycles. The Bertz CT molecular complexity index is 878. The molecule has 0 radical (unpaired) electrons. The smallest absolute Gasteiger partial charge is 0.251 e. The van der Waals surface area contributed by atoms with Gasteiger partial charge < -0.3 is 14.9 Å². The highest BCUT2D eigenvalue weighted by Gasteiger charge is 2.29. The molecule has 2 atom stereocenters. The molecule has 2 unspecified atom stereocenters. The summed E-state index contributed by atoms with van der Waals surface area (Å²) in [6.45, 7) is 4.14. The number of aromatic nitrogens is 3. The maximum atomic E-state index is 12.7. The summed E-state index contributed by atoms with van der Waals surface area (Å²) in [5.41, 5.74) is 4.16. The van der Waals surface area contributed by atoms with Gasteiger partial charge in [0.05, 0.1) is 12.4 Å². The number of hydrogen-bond donors (Lipinski definition) is 2. The van der Waals surface area contributed by atoms with E-state index >= 15 is 0 Å². The van der Waals surface area contributed by atoms with Crippen LogP contribution < -0.4 is 5.32 Å². The van der Waals surface area contributed by atoms with Gasteiger partial charge in [0, 0.05) is 40.6 Å². The molecule has 2 N–H and O–H groups in total. The number of aryl methyl sites for hydroxylation is 2. The zero-order valence-corrected chi connectivity index (χ0v) is 14.0. The lowest BCUT2D eigenvalue weighted by Crippen LogP contribution is -2.38. The van der Waals surface area contributed by atoms with E-state index in [1.54, 1.807) is 6.20 Å². The van der Waals surface area contributed by atoms with Crippen molar-refractivity contribution in [3.8, 4) is 0 Å². The summed E-state index contributed by atoms with van der Waals surface area (Å²) in [4.78, 5) is 20.2. The van der Waals surface area contributed by atoms with Gasteiger partial charge in [-0.05, 0) is 56.9 Å². The van der Waals surface area contributed by atoms with Crippen LogP contribution in [-0.2, 0) is 0 Å². The van der Waals surface area contributed by atoms with Crippen LogP contribution in [0.4, 0.5) is 0 Å². The normalized spacial score (nSPS) is 20.6. The second-order valence-corrected chi connectivity index (χ2v) is 6.72. The van der Waals surface area contributed by atoms with Gasteiger partial charge in [-0.1, -0.05) is 0 Å². The molecular weight excluding hydrogens is 300 g/mol. The summed E-state index contributed by atoms with van der Waals surface area (Å²) in [6, 6.07) is 6.35. The predicted molar refractivity (Wildman–Crippen MR) is 94.1 cm³/mol. The van der Waals surface area contributed by atoms with Crippen LogP contribution in [0, 0.1) is 13.8 Å². The Kier molecular flexibility index (Phi) is 3.63. The topological polar surface area (TPSA) is 62.7 Å². The minimum Gasteiger partial charge on any atom is -0.358 e.